The quantitative estimate of drug-likeness (QED) is 0.159. The van der Waals surface area contributed by atoms with Crippen LogP contribution in [-0.2, 0) is 0 Å². The first-order valence-electron chi connectivity index (χ1n) is 27.8. The van der Waals surface area contributed by atoms with Crippen LogP contribution >= 0.6 is 0 Å². The van der Waals surface area contributed by atoms with E-state index in [4.69, 9.17) is 9.97 Å². The van der Waals surface area contributed by atoms with Crippen LogP contribution in [0.25, 0.3) is 143 Å². The molecule has 10 nitrogen and oxygen atoms in total. The van der Waals surface area contributed by atoms with Gasteiger partial charge in [-0.2, -0.15) is 21.0 Å². The van der Waals surface area contributed by atoms with Crippen molar-refractivity contribution in [2.24, 2.45) is 0 Å². The first kappa shape index (κ1) is 50.4. The smallest absolute Gasteiger partial charge is 0.264 e. The van der Waals surface area contributed by atoms with E-state index < -0.39 is 0 Å². The summed E-state index contributed by atoms with van der Waals surface area (Å²) in [5.74, 6) is 0. The summed E-state index contributed by atoms with van der Waals surface area (Å²) in [5, 5.41) is 44.4. The van der Waals surface area contributed by atoms with Gasteiger partial charge in [-0.15, -0.1) is 0 Å². The second-order valence-corrected chi connectivity index (χ2v) is 21.1. The fourth-order valence-corrected chi connectivity index (χ4v) is 12.5. The molecule has 0 radical (unpaired) electrons. The fraction of sp³-hybridized carbons (Fsp3) is 0. The lowest BCUT2D eigenvalue weighted by Gasteiger charge is -2.14. The molecule has 16 aromatic rings. The zero-order valence-electron chi connectivity index (χ0n) is 45.5. The predicted octanol–water partition coefficient (Wildman–Crippen LogP) is 16.7. The van der Waals surface area contributed by atoms with Crippen molar-refractivity contribution in [3.8, 4) is 91.0 Å². The van der Waals surface area contributed by atoms with E-state index in [1.165, 1.54) is 0 Å². The van der Waals surface area contributed by atoms with Crippen LogP contribution in [0.3, 0.4) is 0 Å². The highest BCUT2D eigenvalue weighted by Crippen LogP contribution is 2.43. The molecule has 12 aromatic carbocycles. The zero-order valence-corrected chi connectivity index (χ0v) is 45.5. The molecule has 4 aromatic heterocycles. The Hall–Kier alpha value is -12.6. The van der Waals surface area contributed by atoms with E-state index in [1.54, 1.807) is 33.1 Å². The van der Waals surface area contributed by atoms with Crippen molar-refractivity contribution in [1.29, 1.82) is 21.0 Å². The van der Waals surface area contributed by atoms with Crippen LogP contribution in [0, 0.1) is 45.3 Å². The lowest BCUT2D eigenvalue weighted by Crippen LogP contribution is -2.14. The summed E-state index contributed by atoms with van der Waals surface area (Å²) in [7, 11) is 0. The van der Waals surface area contributed by atoms with Gasteiger partial charge in [0.1, 0.15) is 11.3 Å². The minimum atomic E-state index is -0.180. The monoisotopic (exact) mass is 1100 g/mol. The number of aromatic nitrogens is 4. The molecule has 86 heavy (non-hydrogen) atoms. The third kappa shape index (κ3) is 7.92. The SMILES string of the molecule is N#Cc1ccc(-c2ccc3c(=O)n4c(nc5cc(-c6ccccc6)cc(-c6ccccc6)c54)c4ccc(C#N)c2c34)cc1.N#Cc1ccc(-c2ccc3c(=O)n4c5cc(-c6ccccc6)cc(-c6ccccc6)c5nc4c4ccc(C#N)c2c34)cc1. The molecule has 0 atom stereocenters. The second-order valence-electron chi connectivity index (χ2n) is 21.1. The van der Waals surface area contributed by atoms with E-state index in [-0.39, 0.29) is 11.1 Å². The topological polar surface area (TPSA) is 164 Å². The molecule has 396 valence electrons. The molecular formula is C76H40N8O2. The van der Waals surface area contributed by atoms with E-state index in [0.717, 1.165) is 110 Å². The van der Waals surface area contributed by atoms with Gasteiger partial charge in [-0.1, -0.05) is 158 Å². The molecule has 0 amide bonds. The van der Waals surface area contributed by atoms with Gasteiger partial charge in [-0.3, -0.25) is 18.4 Å². The lowest BCUT2D eigenvalue weighted by molar-refractivity contribution is 1.19. The summed E-state index contributed by atoms with van der Waals surface area (Å²) in [4.78, 5) is 39.1. The highest BCUT2D eigenvalue weighted by atomic mass is 16.1. The Morgan fingerprint density at radius 2 is 0.721 bits per heavy atom. The summed E-state index contributed by atoms with van der Waals surface area (Å²) in [6.45, 7) is 0. The molecule has 0 unspecified atom stereocenters. The lowest BCUT2D eigenvalue weighted by atomic mass is 9.91. The summed E-state index contributed by atoms with van der Waals surface area (Å²) in [5.41, 5.74) is 17.2. The molecule has 0 fully saturated rings. The number of nitriles is 4. The largest absolute Gasteiger partial charge is 0.268 e. The number of hydrogen-bond acceptors (Lipinski definition) is 8. The molecular weight excluding hydrogens is 1060 g/mol. The Balaban J connectivity index is 0.000000145. The summed E-state index contributed by atoms with van der Waals surface area (Å²) < 4.78 is 3.45. The number of nitrogens with zero attached hydrogens (tertiary/aromatic N) is 8. The van der Waals surface area contributed by atoms with Gasteiger partial charge in [-0.05, 0) is 141 Å². The molecule has 0 aliphatic rings. The van der Waals surface area contributed by atoms with Gasteiger partial charge >= 0.3 is 0 Å². The Morgan fingerprint density at radius 1 is 0.314 bits per heavy atom. The van der Waals surface area contributed by atoms with Crippen LogP contribution in [0.15, 0.2) is 252 Å². The molecule has 10 heteroatoms. The number of pyridine rings is 2. The van der Waals surface area contributed by atoms with Crippen LogP contribution in [-0.4, -0.2) is 18.8 Å². The van der Waals surface area contributed by atoms with E-state index >= 15 is 0 Å². The van der Waals surface area contributed by atoms with E-state index in [9.17, 15) is 30.6 Å². The van der Waals surface area contributed by atoms with E-state index in [1.807, 2.05) is 158 Å². The summed E-state index contributed by atoms with van der Waals surface area (Å²) >= 11 is 0. The number of rotatable bonds is 6. The van der Waals surface area contributed by atoms with Crippen molar-refractivity contribution in [2.75, 3.05) is 0 Å². The molecule has 0 spiro atoms. The molecule has 4 heterocycles. The maximum absolute atomic E-state index is 14.4. The van der Waals surface area contributed by atoms with Gasteiger partial charge < -0.3 is 0 Å². The minimum absolute atomic E-state index is 0.180. The van der Waals surface area contributed by atoms with Crippen LogP contribution in [0.2, 0.25) is 0 Å². The number of fused-ring (bicyclic) bond motifs is 8. The highest BCUT2D eigenvalue weighted by Gasteiger charge is 2.25. The van der Waals surface area contributed by atoms with Crippen molar-refractivity contribution in [1.82, 2.24) is 18.8 Å². The third-order valence-corrected chi connectivity index (χ3v) is 16.5. The molecule has 0 bridgehead atoms. The summed E-state index contributed by atoms with van der Waals surface area (Å²) in [6.07, 6.45) is 0. The second kappa shape index (κ2) is 20.1. The Bertz CT molecular complexity index is 5630. The van der Waals surface area contributed by atoms with Gasteiger partial charge in [-0.25, -0.2) is 9.97 Å². The van der Waals surface area contributed by atoms with Gasteiger partial charge in [0.2, 0.25) is 0 Å². The molecule has 16 rings (SSSR count). The highest BCUT2D eigenvalue weighted by molar-refractivity contribution is 6.23. The van der Waals surface area contributed by atoms with E-state index in [2.05, 4.69) is 84.9 Å². The number of benzene rings is 12. The van der Waals surface area contributed by atoms with Crippen molar-refractivity contribution < 1.29 is 0 Å². The number of hydrogen-bond donors (Lipinski definition) is 0. The normalized spacial score (nSPS) is 11.3. The third-order valence-electron chi connectivity index (χ3n) is 16.5. The predicted molar refractivity (Wildman–Crippen MR) is 342 cm³/mol. The van der Waals surface area contributed by atoms with Crippen LogP contribution < -0.4 is 11.1 Å². The van der Waals surface area contributed by atoms with Crippen LogP contribution in [0.4, 0.5) is 0 Å². The Kier molecular flexibility index (Phi) is 11.8. The van der Waals surface area contributed by atoms with E-state index in [0.29, 0.717) is 55.1 Å². The average molecular weight is 1100 g/mol. The molecule has 0 saturated heterocycles. The molecule has 0 N–H and O–H groups in total. The van der Waals surface area contributed by atoms with Gasteiger partial charge in [0, 0.05) is 54.2 Å². The van der Waals surface area contributed by atoms with Gasteiger partial charge in [0.15, 0.2) is 0 Å². The number of imidazole rings is 2. The first-order valence-corrected chi connectivity index (χ1v) is 27.8. The molecule has 0 aliphatic heterocycles. The average Bonchev–Trinajstić information content (AvgIpc) is 1.49. The fourth-order valence-electron chi connectivity index (χ4n) is 12.5. The van der Waals surface area contributed by atoms with Crippen LogP contribution in [0.1, 0.15) is 22.3 Å². The Labute approximate surface area is 490 Å². The standard InChI is InChI=1S/2C38H20N4O/c39-21-23-11-13-26(14-12-23)29-17-18-31-35-30(16-15-27(22-40)34(29)35)37-41-36-32(25-9-5-2-6-10-25)19-28(24-7-3-1-4-8-24)20-33(36)42(37)38(31)43;39-21-23-11-13-26(14-12-23)29-17-18-31-35-30(16-15-27(22-40)34(29)35)37-41-33-20-28(24-7-3-1-4-8-24)19-32(25-9-5-2-6-10-25)36(33)42(37)38(31)43/h2*1-20H. The van der Waals surface area contributed by atoms with Crippen molar-refractivity contribution in [2.45, 2.75) is 0 Å². The Morgan fingerprint density at radius 3 is 1.20 bits per heavy atom. The molecule has 0 aliphatic carbocycles. The maximum Gasteiger partial charge on any atom is 0.264 e. The van der Waals surface area contributed by atoms with Crippen molar-refractivity contribution in [3.63, 3.8) is 0 Å². The van der Waals surface area contributed by atoms with Gasteiger partial charge in [0.25, 0.3) is 11.1 Å². The first-order chi connectivity index (χ1) is 42.3. The molecule has 0 saturated carbocycles. The van der Waals surface area contributed by atoms with Crippen molar-refractivity contribution >= 4 is 76.5 Å². The zero-order chi connectivity index (χ0) is 58.2. The minimum Gasteiger partial charge on any atom is -0.268 e. The van der Waals surface area contributed by atoms with Gasteiger partial charge in [0.05, 0.1) is 68.6 Å². The summed E-state index contributed by atoms with van der Waals surface area (Å²) in [6, 6.07) is 87.3. The van der Waals surface area contributed by atoms with Crippen LogP contribution in [0.5, 0.6) is 0 Å². The maximum atomic E-state index is 14.4. The van der Waals surface area contributed by atoms with Crippen molar-refractivity contribution in [3.05, 3.63) is 286 Å².